The summed E-state index contributed by atoms with van der Waals surface area (Å²) < 4.78 is 27.3. The fourth-order valence-corrected chi connectivity index (χ4v) is 4.02. The largest absolute Gasteiger partial charge is 0.506 e. The maximum Gasteiger partial charge on any atom is 0.240 e. The second-order valence-corrected chi connectivity index (χ2v) is 7.18. The molecule has 0 radical (unpaired) electrons. The Kier molecular flexibility index (Phi) is 4.55. The summed E-state index contributed by atoms with van der Waals surface area (Å²) in [6.45, 7) is 2.17. The van der Waals surface area contributed by atoms with E-state index in [-0.39, 0.29) is 22.4 Å². The molecule has 0 aromatic heterocycles. The van der Waals surface area contributed by atoms with Crippen LogP contribution in [-0.2, 0) is 10.0 Å². The van der Waals surface area contributed by atoms with Crippen LogP contribution in [0.2, 0.25) is 0 Å². The standard InChI is InChI=1S/C14H22N2O3S/c1-2-10-3-5-11(6-4-10)16-20(18,19)12-7-8-14(17)13(15)9-12/h7-11,16-17H,2-6,15H2,1H3. The molecule has 0 aliphatic heterocycles. The number of nitrogens with two attached hydrogens (primary N) is 1. The number of hydrogen-bond donors (Lipinski definition) is 3. The maximum absolute atomic E-state index is 12.3. The van der Waals surface area contributed by atoms with E-state index >= 15 is 0 Å². The van der Waals surface area contributed by atoms with Crippen molar-refractivity contribution in [1.29, 1.82) is 0 Å². The molecular formula is C14H22N2O3S. The molecule has 112 valence electrons. The maximum atomic E-state index is 12.3. The van der Waals surface area contributed by atoms with Crippen LogP contribution in [0.5, 0.6) is 5.75 Å². The number of anilines is 1. The van der Waals surface area contributed by atoms with Gasteiger partial charge in [0, 0.05) is 6.04 Å². The van der Waals surface area contributed by atoms with Gasteiger partial charge >= 0.3 is 0 Å². The van der Waals surface area contributed by atoms with Gasteiger partial charge in [0.1, 0.15) is 5.75 Å². The molecule has 1 aromatic rings. The third-order valence-electron chi connectivity index (χ3n) is 4.06. The molecule has 0 bridgehead atoms. The van der Waals surface area contributed by atoms with Gasteiger partial charge in [-0.25, -0.2) is 13.1 Å². The summed E-state index contributed by atoms with van der Waals surface area (Å²) in [6, 6.07) is 3.96. The molecule has 0 unspecified atom stereocenters. The fourth-order valence-electron chi connectivity index (χ4n) is 2.68. The smallest absolute Gasteiger partial charge is 0.240 e. The highest BCUT2D eigenvalue weighted by Crippen LogP contribution is 2.28. The Bertz CT molecular complexity index is 564. The second kappa shape index (κ2) is 6.01. The van der Waals surface area contributed by atoms with Crippen molar-refractivity contribution >= 4 is 15.7 Å². The Morgan fingerprint density at radius 2 is 1.95 bits per heavy atom. The van der Waals surface area contributed by atoms with Crippen LogP contribution >= 0.6 is 0 Å². The van der Waals surface area contributed by atoms with Gasteiger partial charge in [0.05, 0.1) is 10.6 Å². The minimum atomic E-state index is -3.56. The molecule has 5 nitrogen and oxygen atoms in total. The molecule has 0 saturated heterocycles. The molecule has 0 atom stereocenters. The van der Waals surface area contributed by atoms with Gasteiger partial charge in [0.25, 0.3) is 0 Å². The van der Waals surface area contributed by atoms with E-state index < -0.39 is 10.0 Å². The van der Waals surface area contributed by atoms with E-state index in [1.165, 1.54) is 18.2 Å². The van der Waals surface area contributed by atoms with Gasteiger partial charge in [-0.2, -0.15) is 0 Å². The average molecular weight is 298 g/mol. The normalized spacial score (nSPS) is 23.6. The molecule has 20 heavy (non-hydrogen) atoms. The molecule has 1 fully saturated rings. The van der Waals surface area contributed by atoms with E-state index in [1.807, 2.05) is 0 Å². The molecule has 0 heterocycles. The number of rotatable bonds is 4. The van der Waals surface area contributed by atoms with Gasteiger partial charge in [-0.1, -0.05) is 13.3 Å². The monoisotopic (exact) mass is 298 g/mol. The zero-order valence-electron chi connectivity index (χ0n) is 11.7. The lowest BCUT2D eigenvalue weighted by molar-refractivity contribution is 0.306. The SMILES string of the molecule is CCC1CCC(NS(=O)(=O)c2ccc(O)c(N)c2)CC1. The van der Waals surface area contributed by atoms with Crippen molar-refractivity contribution in [1.82, 2.24) is 4.72 Å². The van der Waals surface area contributed by atoms with Crippen LogP contribution in [0.1, 0.15) is 39.0 Å². The van der Waals surface area contributed by atoms with Crippen molar-refractivity contribution in [3.05, 3.63) is 18.2 Å². The molecule has 6 heteroatoms. The summed E-state index contributed by atoms with van der Waals surface area (Å²) in [5, 5.41) is 9.35. The van der Waals surface area contributed by atoms with Gasteiger partial charge in [-0.15, -0.1) is 0 Å². The highest BCUT2D eigenvalue weighted by Gasteiger charge is 2.25. The number of hydrogen-bond acceptors (Lipinski definition) is 4. The molecular weight excluding hydrogens is 276 g/mol. The van der Waals surface area contributed by atoms with Gasteiger partial charge in [-0.3, -0.25) is 0 Å². The fraction of sp³-hybridized carbons (Fsp3) is 0.571. The van der Waals surface area contributed by atoms with E-state index in [1.54, 1.807) is 0 Å². The topological polar surface area (TPSA) is 92.4 Å². The number of nitrogens with one attached hydrogen (secondary N) is 1. The summed E-state index contributed by atoms with van der Waals surface area (Å²) >= 11 is 0. The Balaban J connectivity index is 2.06. The number of phenolic OH excluding ortho intramolecular Hbond substituents is 1. The highest BCUT2D eigenvalue weighted by atomic mass is 32.2. The molecule has 0 amide bonds. The molecule has 4 N–H and O–H groups in total. The predicted octanol–water partition coefficient (Wildman–Crippen LogP) is 2.22. The van der Waals surface area contributed by atoms with Gasteiger partial charge in [-0.05, 0) is 49.8 Å². The third kappa shape index (κ3) is 3.43. The Labute approximate surface area is 120 Å². The van der Waals surface area contributed by atoms with Crippen LogP contribution in [-0.4, -0.2) is 19.6 Å². The van der Waals surface area contributed by atoms with E-state index in [4.69, 9.17) is 5.73 Å². The Morgan fingerprint density at radius 1 is 1.30 bits per heavy atom. The lowest BCUT2D eigenvalue weighted by Gasteiger charge is -2.28. The first-order valence-electron chi connectivity index (χ1n) is 7.03. The van der Waals surface area contributed by atoms with Crippen LogP contribution in [0.25, 0.3) is 0 Å². The molecule has 1 aromatic carbocycles. The summed E-state index contributed by atoms with van der Waals surface area (Å²) in [4.78, 5) is 0.102. The van der Waals surface area contributed by atoms with Gasteiger partial charge < -0.3 is 10.8 Å². The van der Waals surface area contributed by atoms with Gasteiger partial charge in [0.15, 0.2) is 0 Å². The van der Waals surface area contributed by atoms with Crippen LogP contribution < -0.4 is 10.5 Å². The number of aromatic hydroxyl groups is 1. The van der Waals surface area contributed by atoms with Crippen LogP contribution in [0.15, 0.2) is 23.1 Å². The van der Waals surface area contributed by atoms with E-state index in [9.17, 15) is 13.5 Å². The summed E-state index contributed by atoms with van der Waals surface area (Å²) in [7, 11) is -3.56. The van der Waals surface area contributed by atoms with Crippen LogP contribution in [0.3, 0.4) is 0 Å². The highest BCUT2D eigenvalue weighted by molar-refractivity contribution is 7.89. The number of phenols is 1. The Morgan fingerprint density at radius 3 is 2.50 bits per heavy atom. The third-order valence-corrected chi connectivity index (χ3v) is 5.57. The van der Waals surface area contributed by atoms with Crippen LogP contribution in [0, 0.1) is 5.92 Å². The minimum absolute atomic E-state index is 0.00201. The predicted molar refractivity (Wildman–Crippen MR) is 78.9 cm³/mol. The number of nitrogen functional groups attached to an aromatic ring is 1. The van der Waals surface area contributed by atoms with Crippen molar-refractivity contribution in [2.75, 3.05) is 5.73 Å². The average Bonchev–Trinajstić information content (AvgIpc) is 2.42. The van der Waals surface area contributed by atoms with Crippen molar-refractivity contribution in [3.63, 3.8) is 0 Å². The minimum Gasteiger partial charge on any atom is -0.506 e. The lowest BCUT2D eigenvalue weighted by Crippen LogP contribution is -2.37. The lowest BCUT2D eigenvalue weighted by atomic mass is 9.85. The van der Waals surface area contributed by atoms with E-state index in [0.29, 0.717) is 0 Å². The Hall–Kier alpha value is -1.27. The van der Waals surface area contributed by atoms with Crippen molar-refractivity contribution < 1.29 is 13.5 Å². The first-order chi connectivity index (χ1) is 9.42. The second-order valence-electron chi connectivity index (χ2n) is 5.47. The van der Waals surface area contributed by atoms with Crippen LogP contribution in [0.4, 0.5) is 5.69 Å². The zero-order chi connectivity index (χ0) is 14.8. The number of sulfonamides is 1. The zero-order valence-corrected chi connectivity index (χ0v) is 12.5. The van der Waals surface area contributed by atoms with Crippen molar-refractivity contribution in [2.45, 2.75) is 50.0 Å². The first-order valence-corrected chi connectivity index (χ1v) is 8.51. The molecule has 1 saturated carbocycles. The first kappa shape index (κ1) is 15.1. The summed E-state index contributed by atoms with van der Waals surface area (Å²) in [5.74, 6) is 0.618. The number of benzene rings is 1. The summed E-state index contributed by atoms with van der Waals surface area (Å²) in [6.07, 6.45) is 5.06. The quantitative estimate of drug-likeness (QED) is 0.587. The summed E-state index contributed by atoms with van der Waals surface area (Å²) in [5.41, 5.74) is 5.62. The van der Waals surface area contributed by atoms with Crippen molar-refractivity contribution in [2.24, 2.45) is 5.92 Å². The van der Waals surface area contributed by atoms with E-state index in [0.717, 1.165) is 38.0 Å². The molecule has 0 spiro atoms. The van der Waals surface area contributed by atoms with E-state index in [2.05, 4.69) is 11.6 Å². The molecule has 2 rings (SSSR count). The molecule has 1 aliphatic carbocycles. The van der Waals surface area contributed by atoms with Gasteiger partial charge in [0.2, 0.25) is 10.0 Å². The van der Waals surface area contributed by atoms with Crippen molar-refractivity contribution in [3.8, 4) is 5.75 Å². The molecule has 1 aliphatic rings.